The van der Waals surface area contributed by atoms with Crippen molar-refractivity contribution in [1.82, 2.24) is 0 Å². The molecule has 2 rings (SSSR count). The summed E-state index contributed by atoms with van der Waals surface area (Å²) in [6.45, 7) is 6.75. The second-order valence-corrected chi connectivity index (χ2v) is 5.70. The normalized spacial score (nSPS) is 12.3. The lowest BCUT2D eigenvalue weighted by atomic mass is 9.93. The van der Waals surface area contributed by atoms with Crippen molar-refractivity contribution >= 4 is 0 Å². The molecule has 0 aromatic heterocycles. The molecule has 0 aliphatic carbocycles. The Morgan fingerprint density at radius 3 is 1.65 bits per heavy atom. The Bertz CT molecular complexity index is 505. The first kappa shape index (κ1) is 14.8. The largest absolute Gasteiger partial charge is 0.0613 e. The topological polar surface area (TPSA) is 0 Å². The highest BCUT2D eigenvalue weighted by Gasteiger charge is 2.06. The zero-order valence-electron chi connectivity index (χ0n) is 13.0. The van der Waals surface area contributed by atoms with Crippen LogP contribution in [0.1, 0.15) is 55.4 Å². The average Bonchev–Trinajstić information content (AvgIpc) is 2.53. The molecule has 0 aliphatic rings. The van der Waals surface area contributed by atoms with Crippen LogP contribution in [-0.2, 0) is 19.3 Å². The summed E-state index contributed by atoms with van der Waals surface area (Å²) in [6.07, 6.45) is 4.64. The van der Waals surface area contributed by atoms with Crippen molar-refractivity contribution in [3.05, 3.63) is 70.8 Å². The lowest BCUT2D eigenvalue weighted by molar-refractivity contribution is 0.679. The molecule has 0 heteroatoms. The van der Waals surface area contributed by atoms with Gasteiger partial charge in [-0.05, 0) is 53.9 Å². The minimum Gasteiger partial charge on any atom is -0.0613 e. The van der Waals surface area contributed by atoms with Crippen LogP contribution in [0.5, 0.6) is 0 Å². The molecule has 0 nitrogen and oxygen atoms in total. The highest BCUT2D eigenvalue weighted by molar-refractivity contribution is 5.26. The van der Waals surface area contributed by atoms with Gasteiger partial charge in [-0.25, -0.2) is 0 Å². The van der Waals surface area contributed by atoms with E-state index < -0.39 is 0 Å². The van der Waals surface area contributed by atoms with Crippen molar-refractivity contribution in [3.8, 4) is 0 Å². The van der Waals surface area contributed by atoms with Gasteiger partial charge in [0.05, 0.1) is 0 Å². The predicted octanol–water partition coefficient (Wildman–Crippen LogP) is 5.55. The maximum absolute atomic E-state index is 2.33. The minimum absolute atomic E-state index is 0.631. The molecule has 0 saturated carbocycles. The van der Waals surface area contributed by atoms with Crippen LogP contribution in [0, 0.1) is 0 Å². The molecular weight excluding hydrogens is 240 g/mol. The molecule has 0 saturated heterocycles. The third-order valence-electron chi connectivity index (χ3n) is 4.25. The molecule has 0 bridgehead atoms. The van der Waals surface area contributed by atoms with Crippen LogP contribution in [0.3, 0.4) is 0 Å². The third-order valence-corrected chi connectivity index (χ3v) is 4.25. The Kier molecular flexibility index (Phi) is 5.40. The van der Waals surface area contributed by atoms with E-state index in [-0.39, 0.29) is 0 Å². The summed E-state index contributed by atoms with van der Waals surface area (Å²) in [5.41, 5.74) is 5.78. The van der Waals surface area contributed by atoms with E-state index in [1.54, 1.807) is 0 Å². The van der Waals surface area contributed by atoms with E-state index >= 15 is 0 Å². The Morgan fingerprint density at radius 2 is 1.15 bits per heavy atom. The quantitative estimate of drug-likeness (QED) is 0.643. The van der Waals surface area contributed by atoms with Crippen LogP contribution in [0.25, 0.3) is 0 Å². The monoisotopic (exact) mass is 266 g/mol. The summed E-state index contributed by atoms with van der Waals surface area (Å²) in [4.78, 5) is 0. The fourth-order valence-corrected chi connectivity index (χ4v) is 2.57. The van der Waals surface area contributed by atoms with Gasteiger partial charge in [0.2, 0.25) is 0 Å². The van der Waals surface area contributed by atoms with E-state index in [0.29, 0.717) is 5.92 Å². The lowest BCUT2D eigenvalue weighted by Crippen LogP contribution is -1.97. The molecular formula is C20H26. The zero-order chi connectivity index (χ0) is 14.4. The SMILES string of the molecule is CCc1ccc(CCC(C)c2ccc(CC)cc2)cc1. The van der Waals surface area contributed by atoms with E-state index in [0.717, 1.165) is 12.8 Å². The van der Waals surface area contributed by atoms with Crippen molar-refractivity contribution in [3.63, 3.8) is 0 Å². The maximum Gasteiger partial charge on any atom is -0.0187 e. The molecule has 1 unspecified atom stereocenters. The summed E-state index contributed by atoms with van der Waals surface area (Å²) in [5, 5.41) is 0. The summed E-state index contributed by atoms with van der Waals surface area (Å²) >= 11 is 0. The molecule has 0 fully saturated rings. The molecule has 0 spiro atoms. The van der Waals surface area contributed by atoms with E-state index in [2.05, 4.69) is 69.3 Å². The highest BCUT2D eigenvalue weighted by Crippen LogP contribution is 2.22. The van der Waals surface area contributed by atoms with Gasteiger partial charge in [-0.1, -0.05) is 69.3 Å². The summed E-state index contributed by atoms with van der Waals surface area (Å²) in [6, 6.07) is 18.2. The Labute approximate surface area is 123 Å². The van der Waals surface area contributed by atoms with Gasteiger partial charge in [0.1, 0.15) is 0 Å². The van der Waals surface area contributed by atoms with Gasteiger partial charge >= 0.3 is 0 Å². The van der Waals surface area contributed by atoms with Crippen molar-refractivity contribution in [1.29, 1.82) is 0 Å². The van der Waals surface area contributed by atoms with Gasteiger partial charge < -0.3 is 0 Å². The van der Waals surface area contributed by atoms with Gasteiger partial charge in [0.15, 0.2) is 0 Å². The number of aryl methyl sites for hydroxylation is 3. The second kappa shape index (κ2) is 7.28. The Balaban J connectivity index is 1.91. The smallest absolute Gasteiger partial charge is 0.0187 e. The highest BCUT2D eigenvalue weighted by atomic mass is 14.1. The van der Waals surface area contributed by atoms with Crippen molar-refractivity contribution in [2.24, 2.45) is 0 Å². The van der Waals surface area contributed by atoms with Crippen LogP contribution in [-0.4, -0.2) is 0 Å². The lowest BCUT2D eigenvalue weighted by Gasteiger charge is -2.12. The fourth-order valence-electron chi connectivity index (χ4n) is 2.57. The average molecular weight is 266 g/mol. The van der Waals surface area contributed by atoms with Crippen LogP contribution >= 0.6 is 0 Å². The molecule has 0 radical (unpaired) electrons. The zero-order valence-corrected chi connectivity index (χ0v) is 13.0. The van der Waals surface area contributed by atoms with Crippen LogP contribution in [0.2, 0.25) is 0 Å². The minimum atomic E-state index is 0.631. The molecule has 0 amide bonds. The molecule has 106 valence electrons. The first-order valence-electron chi connectivity index (χ1n) is 7.89. The van der Waals surface area contributed by atoms with E-state index in [4.69, 9.17) is 0 Å². The van der Waals surface area contributed by atoms with Crippen molar-refractivity contribution in [2.75, 3.05) is 0 Å². The second-order valence-electron chi connectivity index (χ2n) is 5.70. The van der Waals surface area contributed by atoms with Gasteiger partial charge in [-0.15, -0.1) is 0 Å². The molecule has 0 heterocycles. The molecule has 2 aromatic carbocycles. The summed E-state index contributed by atoms with van der Waals surface area (Å²) < 4.78 is 0. The van der Waals surface area contributed by atoms with E-state index in [9.17, 15) is 0 Å². The third kappa shape index (κ3) is 3.96. The standard InChI is InChI=1S/C20H26/c1-4-17-8-10-19(11-9-17)7-6-16(3)20-14-12-18(5-2)13-15-20/h8-16H,4-7H2,1-3H3. The Hall–Kier alpha value is -1.56. The van der Waals surface area contributed by atoms with E-state index in [1.807, 2.05) is 0 Å². The molecule has 1 atom stereocenters. The maximum atomic E-state index is 2.33. The number of hydrogen-bond acceptors (Lipinski definition) is 0. The molecule has 20 heavy (non-hydrogen) atoms. The van der Waals surface area contributed by atoms with Gasteiger partial charge in [-0.3, -0.25) is 0 Å². The first-order valence-corrected chi connectivity index (χ1v) is 7.89. The predicted molar refractivity (Wildman–Crippen MR) is 88.4 cm³/mol. The molecule has 0 N–H and O–H groups in total. The molecule has 0 aliphatic heterocycles. The van der Waals surface area contributed by atoms with Crippen molar-refractivity contribution < 1.29 is 0 Å². The Morgan fingerprint density at radius 1 is 0.700 bits per heavy atom. The van der Waals surface area contributed by atoms with Crippen LogP contribution in [0.4, 0.5) is 0 Å². The van der Waals surface area contributed by atoms with Crippen LogP contribution in [0.15, 0.2) is 48.5 Å². The van der Waals surface area contributed by atoms with E-state index in [1.165, 1.54) is 35.1 Å². The van der Waals surface area contributed by atoms with Gasteiger partial charge in [-0.2, -0.15) is 0 Å². The first-order chi connectivity index (χ1) is 9.72. The fraction of sp³-hybridized carbons (Fsp3) is 0.400. The number of rotatable bonds is 6. The number of benzene rings is 2. The number of hydrogen-bond donors (Lipinski definition) is 0. The summed E-state index contributed by atoms with van der Waals surface area (Å²) in [7, 11) is 0. The molecule has 2 aromatic rings. The van der Waals surface area contributed by atoms with Gasteiger partial charge in [0, 0.05) is 0 Å². The summed E-state index contributed by atoms with van der Waals surface area (Å²) in [5.74, 6) is 0.631. The van der Waals surface area contributed by atoms with Crippen LogP contribution < -0.4 is 0 Å². The van der Waals surface area contributed by atoms with Crippen molar-refractivity contribution in [2.45, 2.75) is 52.4 Å². The van der Waals surface area contributed by atoms with Gasteiger partial charge in [0.25, 0.3) is 0 Å².